The third-order valence-electron chi connectivity index (χ3n) is 10.6. The van der Waals surface area contributed by atoms with E-state index >= 15 is 0 Å². The van der Waals surface area contributed by atoms with Crippen LogP contribution in [0.15, 0.2) is 121 Å². The van der Waals surface area contributed by atoms with Gasteiger partial charge in [-0.15, -0.1) is 22.1 Å². The van der Waals surface area contributed by atoms with E-state index in [-0.39, 0.29) is 19.5 Å². The quantitative estimate of drug-likeness (QED) is 0.141. The van der Waals surface area contributed by atoms with E-state index in [2.05, 4.69) is 173 Å². The van der Waals surface area contributed by atoms with Crippen LogP contribution in [0.1, 0.15) is 58.9 Å². The number of aryl methyl sites for hydroxylation is 4. The maximum absolute atomic E-state index is 10.9. The van der Waals surface area contributed by atoms with Gasteiger partial charge in [0.05, 0.1) is 28.3 Å². The Hall–Kier alpha value is -6.38. The normalized spacial score (nSPS) is 12.1. The number of hydrogen-bond donors (Lipinski definition) is 1. The van der Waals surface area contributed by atoms with Crippen molar-refractivity contribution in [2.24, 2.45) is 0 Å². The van der Waals surface area contributed by atoms with Gasteiger partial charge in [-0.05, 0) is 104 Å². The number of aliphatic hydroxyl groups is 1. The predicted molar refractivity (Wildman–Crippen MR) is 241 cm³/mol. The molecule has 2 aliphatic rings. The Morgan fingerprint density at radius 3 is 1.17 bits per heavy atom. The molecule has 5 nitrogen and oxygen atoms in total. The van der Waals surface area contributed by atoms with Crippen LogP contribution in [-0.2, 0) is 19.5 Å². The molecule has 0 aliphatic carbocycles. The maximum atomic E-state index is 10.9. The second kappa shape index (κ2) is 15.8. The van der Waals surface area contributed by atoms with Crippen molar-refractivity contribution in [1.29, 1.82) is 0 Å². The van der Waals surface area contributed by atoms with Crippen molar-refractivity contribution < 1.29 is 24.6 Å². The van der Waals surface area contributed by atoms with Crippen molar-refractivity contribution >= 4 is 45.9 Å². The monoisotopic (exact) mass is 814 g/mol. The number of fused-ring (bicyclic) bond motifs is 8. The van der Waals surface area contributed by atoms with Gasteiger partial charge in [-0.25, -0.2) is 9.97 Å². The molecule has 5 heterocycles. The van der Waals surface area contributed by atoms with E-state index in [0.717, 1.165) is 94.8 Å². The summed E-state index contributed by atoms with van der Waals surface area (Å²) in [5.41, 5.74) is 17.9. The van der Waals surface area contributed by atoms with Gasteiger partial charge in [0.1, 0.15) is 5.60 Å². The molecule has 282 valence electrons. The summed E-state index contributed by atoms with van der Waals surface area (Å²) in [4.78, 5) is 21.7. The molecule has 7 aromatic rings. The number of hydrogen-bond acceptors (Lipinski definition) is 3. The van der Waals surface area contributed by atoms with Crippen molar-refractivity contribution in [3.05, 3.63) is 166 Å². The smallest absolute Gasteiger partial charge is 0.657 e. The first kappa shape index (κ1) is 39.4. The average Bonchev–Trinajstić information content (AvgIpc) is 4.04. The Morgan fingerprint density at radius 1 is 0.458 bits per heavy atom. The van der Waals surface area contributed by atoms with E-state index in [1.807, 2.05) is 6.08 Å². The van der Waals surface area contributed by atoms with Gasteiger partial charge in [0.2, 0.25) is 0 Å². The maximum Gasteiger partial charge on any atom is 2.00 e. The minimum atomic E-state index is -1.23. The molecule has 2 aliphatic heterocycles. The van der Waals surface area contributed by atoms with Crippen LogP contribution < -0.4 is 9.97 Å². The molecule has 1 N–H and O–H groups in total. The van der Waals surface area contributed by atoms with E-state index in [1.165, 1.54) is 11.1 Å². The molecule has 9 rings (SSSR count). The molecular weight excluding hydrogens is 774 g/mol. The number of rotatable bonds is 4. The summed E-state index contributed by atoms with van der Waals surface area (Å²) < 4.78 is 0. The Labute approximate surface area is 358 Å². The minimum Gasteiger partial charge on any atom is -0.657 e. The van der Waals surface area contributed by atoms with E-state index in [9.17, 15) is 5.11 Å². The summed E-state index contributed by atoms with van der Waals surface area (Å²) >= 11 is 0. The number of allylic oxidation sites excluding steroid dienone is 1. The fraction of sp³-hybridized carbons (Fsp3) is 0.132. The van der Waals surface area contributed by atoms with Crippen LogP contribution in [0.25, 0.3) is 90.4 Å². The van der Waals surface area contributed by atoms with Gasteiger partial charge >= 0.3 is 19.5 Å². The van der Waals surface area contributed by atoms with Gasteiger partial charge in [0.15, 0.2) is 0 Å². The zero-order chi connectivity index (χ0) is 40.1. The zero-order valence-electron chi connectivity index (χ0n) is 34.2. The van der Waals surface area contributed by atoms with E-state index in [4.69, 9.17) is 19.9 Å². The molecule has 0 fully saturated rings. The van der Waals surface area contributed by atoms with Crippen LogP contribution in [0.2, 0.25) is 0 Å². The van der Waals surface area contributed by atoms with Gasteiger partial charge in [0.25, 0.3) is 0 Å². The molecule has 6 heteroatoms. The summed E-state index contributed by atoms with van der Waals surface area (Å²) in [5, 5.41) is 10.9. The first-order valence-electron chi connectivity index (χ1n) is 19.6. The Bertz CT molecular complexity index is 3040. The summed E-state index contributed by atoms with van der Waals surface area (Å²) in [6, 6.07) is 42.3. The van der Waals surface area contributed by atoms with Crippen molar-refractivity contribution in [2.75, 3.05) is 0 Å². The van der Waals surface area contributed by atoms with Crippen LogP contribution in [0.3, 0.4) is 0 Å². The van der Waals surface area contributed by atoms with E-state index < -0.39 is 5.60 Å². The van der Waals surface area contributed by atoms with Crippen LogP contribution in [-0.4, -0.2) is 20.7 Å². The molecule has 4 aromatic carbocycles. The summed E-state index contributed by atoms with van der Waals surface area (Å²) in [6.07, 6.45) is 6.23. The second-order valence-corrected chi connectivity index (χ2v) is 15.8. The second-order valence-electron chi connectivity index (χ2n) is 15.8. The van der Waals surface area contributed by atoms with Crippen molar-refractivity contribution in [3.8, 4) is 56.3 Å². The van der Waals surface area contributed by atoms with Crippen molar-refractivity contribution in [3.63, 3.8) is 0 Å². The Kier molecular flexibility index (Phi) is 10.5. The fourth-order valence-corrected chi connectivity index (χ4v) is 7.54. The van der Waals surface area contributed by atoms with Crippen LogP contribution in [0.4, 0.5) is 0 Å². The number of benzene rings is 4. The van der Waals surface area contributed by atoms with Gasteiger partial charge < -0.3 is 15.1 Å². The molecule has 0 radical (unpaired) electrons. The van der Waals surface area contributed by atoms with Crippen LogP contribution in [0, 0.1) is 39.5 Å². The molecule has 3 aromatic heterocycles. The van der Waals surface area contributed by atoms with Gasteiger partial charge in [0, 0.05) is 0 Å². The summed E-state index contributed by atoms with van der Waals surface area (Å²) in [6.45, 7) is 11.8. The van der Waals surface area contributed by atoms with Gasteiger partial charge in [-0.2, -0.15) is 0 Å². The molecule has 0 saturated carbocycles. The van der Waals surface area contributed by atoms with Crippen LogP contribution in [0.5, 0.6) is 0 Å². The Morgan fingerprint density at radius 2 is 0.797 bits per heavy atom. The number of aromatic nitrogens is 4. The first-order chi connectivity index (χ1) is 28.0. The largest absolute Gasteiger partial charge is 2.00 e. The zero-order valence-corrected chi connectivity index (χ0v) is 37.2. The van der Waals surface area contributed by atoms with E-state index in [0.29, 0.717) is 11.3 Å². The molecule has 0 unspecified atom stereocenters. The molecule has 59 heavy (non-hydrogen) atoms. The van der Waals surface area contributed by atoms with Gasteiger partial charge in [-0.1, -0.05) is 155 Å². The third-order valence-corrected chi connectivity index (χ3v) is 10.6. The molecule has 0 saturated heterocycles. The van der Waals surface area contributed by atoms with Crippen molar-refractivity contribution in [2.45, 2.75) is 47.1 Å². The van der Waals surface area contributed by atoms with Crippen molar-refractivity contribution in [1.82, 2.24) is 19.9 Å². The van der Waals surface area contributed by atoms with Crippen LogP contribution >= 0.6 is 0 Å². The Balaban J connectivity index is 0.00000484. The van der Waals surface area contributed by atoms with E-state index in [1.54, 1.807) is 13.8 Å². The average molecular weight is 816 g/mol. The topological polar surface area (TPSA) is 74.2 Å². The minimum absolute atomic E-state index is 0. The standard InChI is InChI=1S/C53H42N4O.Zn/c1-32-7-15-36(16-8-32)48-41-23-24-42(54-41)49(37-17-9-33(2)10-18-37)44-27-28-46(56-44)51(39-21-13-35(4)14-22-39)52-40(29-30-53(5,6)58)31-47(57-52)50(45-26-25-43(48)55-45)38-19-11-34(3)12-20-38;/h7-28,31,58H,1-6H3;/q-2;+2. The SMILES string of the molecule is Cc1ccc(-c2c3nc(c(-c4ccc(C)cc4)c4ccc([n-]4)c(-c4ccc(C)cc4)c4nc(c(-c5ccc(C)cc5)c5ccc2[n-]5)C=C4C#CC(C)(C)O)C=C3)cc1.[Zn+2]. The summed E-state index contributed by atoms with van der Waals surface area (Å²) in [5.74, 6) is 6.42. The first-order valence-corrected chi connectivity index (χ1v) is 19.6. The number of nitrogens with zero attached hydrogens (tertiary/aromatic N) is 4. The molecule has 0 atom stereocenters. The molecular formula is C53H42N4OZn. The molecule has 8 bridgehead atoms. The fourth-order valence-electron chi connectivity index (χ4n) is 7.54. The molecule has 0 spiro atoms. The summed E-state index contributed by atoms with van der Waals surface area (Å²) in [7, 11) is 0. The van der Waals surface area contributed by atoms with Gasteiger partial charge in [-0.3, -0.25) is 0 Å². The predicted octanol–water partition coefficient (Wildman–Crippen LogP) is 12.0. The third kappa shape index (κ3) is 7.93. The molecule has 0 amide bonds.